The summed E-state index contributed by atoms with van der Waals surface area (Å²) in [5, 5.41) is 3.64. The highest BCUT2D eigenvalue weighted by atomic mass is 32.1. The van der Waals surface area contributed by atoms with Gasteiger partial charge in [0.25, 0.3) is 0 Å². The number of hydrogen-bond donors (Lipinski definition) is 1. The van der Waals surface area contributed by atoms with Gasteiger partial charge in [-0.05, 0) is 36.6 Å². The number of allylic oxidation sites excluding steroid dienone is 1. The molecule has 0 atom stereocenters. The van der Waals surface area contributed by atoms with Crippen molar-refractivity contribution < 1.29 is 9.59 Å². The van der Waals surface area contributed by atoms with E-state index in [1.807, 2.05) is 60.7 Å². The molecule has 1 amide bonds. The van der Waals surface area contributed by atoms with Gasteiger partial charge in [-0.25, -0.2) is 4.98 Å². The molecule has 3 aromatic rings. The van der Waals surface area contributed by atoms with Gasteiger partial charge < -0.3 is 5.32 Å². The van der Waals surface area contributed by atoms with E-state index in [1.54, 1.807) is 0 Å². The molecule has 1 heterocycles. The van der Waals surface area contributed by atoms with E-state index in [-0.39, 0.29) is 11.7 Å². The van der Waals surface area contributed by atoms with Crippen molar-refractivity contribution in [3.05, 3.63) is 76.3 Å². The number of aromatic nitrogens is 1. The van der Waals surface area contributed by atoms with Crippen LogP contribution in [0.2, 0.25) is 0 Å². The Morgan fingerprint density at radius 3 is 2.52 bits per heavy atom. The molecule has 0 unspecified atom stereocenters. The van der Waals surface area contributed by atoms with Crippen molar-refractivity contribution in [2.24, 2.45) is 0 Å². The van der Waals surface area contributed by atoms with Crippen molar-refractivity contribution in [2.75, 3.05) is 5.32 Å². The summed E-state index contributed by atoms with van der Waals surface area (Å²) in [4.78, 5) is 29.5. The van der Waals surface area contributed by atoms with Crippen molar-refractivity contribution in [1.29, 1.82) is 0 Å². The van der Waals surface area contributed by atoms with Crippen LogP contribution in [0.4, 0.5) is 5.69 Å². The zero-order valence-electron chi connectivity index (χ0n) is 14.9. The molecule has 27 heavy (non-hydrogen) atoms. The predicted octanol–water partition coefficient (Wildman–Crippen LogP) is 4.98. The van der Waals surface area contributed by atoms with Gasteiger partial charge in [-0.2, -0.15) is 0 Å². The van der Waals surface area contributed by atoms with E-state index in [9.17, 15) is 9.59 Å². The Morgan fingerprint density at radius 2 is 1.81 bits per heavy atom. The maximum absolute atomic E-state index is 12.9. The molecule has 1 N–H and O–H groups in total. The molecule has 4 nitrogen and oxygen atoms in total. The third-order valence-corrected chi connectivity index (χ3v) is 5.56. The van der Waals surface area contributed by atoms with Crippen LogP contribution in [0, 0.1) is 0 Å². The highest BCUT2D eigenvalue weighted by Gasteiger charge is 2.26. The van der Waals surface area contributed by atoms with Gasteiger partial charge in [-0.1, -0.05) is 42.5 Å². The van der Waals surface area contributed by atoms with Crippen LogP contribution >= 0.6 is 11.3 Å². The number of hydrogen-bond acceptors (Lipinski definition) is 4. The van der Waals surface area contributed by atoms with E-state index < -0.39 is 0 Å². The van der Waals surface area contributed by atoms with E-state index in [4.69, 9.17) is 0 Å². The van der Waals surface area contributed by atoms with Gasteiger partial charge in [0.2, 0.25) is 11.7 Å². The van der Waals surface area contributed by atoms with Crippen molar-refractivity contribution in [3.8, 4) is 10.6 Å². The molecule has 0 fully saturated rings. The zero-order valence-corrected chi connectivity index (χ0v) is 15.7. The first-order chi connectivity index (χ1) is 13.1. The number of thiazole rings is 1. The van der Waals surface area contributed by atoms with Gasteiger partial charge in [-0.3, -0.25) is 9.59 Å². The lowest BCUT2D eigenvalue weighted by atomic mass is 9.94. The summed E-state index contributed by atoms with van der Waals surface area (Å²) in [5.74, 6) is -0.0302. The second-order valence-corrected chi connectivity index (χ2v) is 7.46. The summed E-state index contributed by atoms with van der Waals surface area (Å²) in [5.41, 5.74) is 4.45. The molecular weight excluding hydrogens is 356 g/mol. The predicted molar refractivity (Wildman–Crippen MR) is 109 cm³/mol. The van der Waals surface area contributed by atoms with Crippen molar-refractivity contribution in [1.82, 2.24) is 4.98 Å². The molecular formula is C22H18N2O2S. The fraction of sp³-hybridized carbons (Fsp3) is 0.136. The van der Waals surface area contributed by atoms with E-state index >= 15 is 0 Å². The Labute approximate surface area is 161 Å². The lowest BCUT2D eigenvalue weighted by Gasteiger charge is -2.12. The number of ketones is 1. The highest BCUT2D eigenvalue weighted by molar-refractivity contribution is 7.17. The first kappa shape index (κ1) is 17.4. The van der Waals surface area contributed by atoms with Gasteiger partial charge in [-0.15, -0.1) is 11.3 Å². The Hall–Kier alpha value is -3.05. The van der Waals surface area contributed by atoms with Crippen LogP contribution in [0.25, 0.3) is 16.6 Å². The lowest BCUT2D eigenvalue weighted by Crippen LogP contribution is -2.12. The maximum atomic E-state index is 12.9. The van der Waals surface area contributed by atoms with Gasteiger partial charge in [0.15, 0.2) is 0 Å². The van der Waals surface area contributed by atoms with Crippen LogP contribution in [0.15, 0.2) is 60.2 Å². The largest absolute Gasteiger partial charge is 0.326 e. The summed E-state index contributed by atoms with van der Waals surface area (Å²) in [6.07, 6.45) is 3.40. The van der Waals surface area contributed by atoms with E-state index in [2.05, 4.69) is 10.3 Å². The SMILES string of the molecule is CC(=O)Nc1ccc(C=C2CCc3nc(-c4ccccc4)sc3C2=O)cc1. The second kappa shape index (κ2) is 7.29. The van der Waals surface area contributed by atoms with E-state index in [1.165, 1.54) is 18.3 Å². The first-order valence-corrected chi connectivity index (χ1v) is 9.60. The topological polar surface area (TPSA) is 59.1 Å². The number of benzene rings is 2. The van der Waals surface area contributed by atoms with Crippen LogP contribution in [0.5, 0.6) is 0 Å². The quantitative estimate of drug-likeness (QED) is 0.658. The molecule has 1 aliphatic carbocycles. The minimum absolute atomic E-state index is 0.0712. The van der Waals surface area contributed by atoms with Gasteiger partial charge in [0.1, 0.15) is 5.01 Å². The summed E-state index contributed by atoms with van der Waals surface area (Å²) in [6.45, 7) is 1.48. The van der Waals surface area contributed by atoms with Crippen molar-refractivity contribution >= 4 is 34.8 Å². The summed E-state index contributed by atoms with van der Waals surface area (Å²) in [7, 11) is 0. The molecule has 0 bridgehead atoms. The standard InChI is InChI=1S/C22H18N2O2S/c1-14(25)23-18-10-7-15(8-11-18)13-17-9-12-19-21(20(17)26)27-22(24-19)16-5-3-2-4-6-16/h2-8,10-11,13H,9,12H2,1H3,(H,23,25). The highest BCUT2D eigenvalue weighted by Crippen LogP contribution is 2.35. The summed E-state index contributed by atoms with van der Waals surface area (Å²) >= 11 is 1.47. The average Bonchev–Trinajstić information content (AvgIpc) is 3.11. The number of nitrogens with zero attached hydrogens (tertiary/aromatic N) is 1. The fourth-order valence-corrected chi connectivity index (χ4v) is 4.21. The minimum Gasteiger partial charge on any atom is -0.326 e. The molecule has 0 spiro atoms. The maximum Gasteiger partial charge on any atom is 0.221 e. The molecule has 4 rings (SSSR count). The summed E-state index contributed by atoms with van der Waals surface area (Å²) in [6, 6.07) is 17.5. The number of carbonyl (C=O) groups excluding carboxylic acids is 2. The Kier molecular flexibility index (Phi) is 4.69. The minimum atomic E-state index is -0.101. The number of aryl methyl sites for hydroxylation is 1. The summed E-state index contributed by atoms with van der Waals surface area (Å²) < 4.78 is 0. The van der Waals surface area contributed by atoms with Crippen molar-refractivity contribution in [2.45, 2.75) is 19.8 Å². The molecule has 0 radical (unpaired) electrons. The van der Waals surface area contributed by atoms with E-state index in [0.717, 1.165) is 44.4 Å². The van der Waals surface area contributed by atoms with Gasteiger partial charge in [0.05, 0.1) is 10.6 Å². The van der Waals surface area contributed by atoms with Crippen molar-refractivity contribution in [3.63, 3.8) is 0 Å². The Balaban J connectivity index is 1.59. The van der Waals surface area contributed by atoms with E-state index in [0.29, 0.717) is 6.42 Å². The van der Waals surface area contributed by atoms with Crippen LogP contribution in [0.3, 0.4) is 0 Å². The molecule has 0 saturated carbocycles. The zero-order chi connectivity index (χ0) is 18.8. The molecule has 134 valence electrons. The molecule has 1 aliphatic rings. The fourth-order valence-electron chi connectivity index (χ4n) is 3.12. The average molecular weight is 374 g/mol. The number of anilines is 1. The van der Waals surface area contributed by atoms with Crippen LogP contribution < -0.4 is 5.32 Å². The number of nitrogens with one attached hydrogen (secondary N) is 1. The smallest absolute Gasteiger partial charge is 0.221 e. The number of fused-ring (bicyclic) bond motifs is 1. The molecule has 5 heteroatoms. The van der Waals surface area contributed by atoms with Crippen LogP contribution in [-0.2, 0) is 11.2 Å². The number of amides is 1. The number of Topliss-reactive ketones (excluding diaryl/α,β-unsaturated/α-hetero) is 1. The third kappa shape index (κ3) is 3.73. The monoisotopic (exact) mass is 374 g/mol. The number of rotatable bonds is 3. The normalized spacial score (nSPS) is 14.9. The molecule has 0 aliphatic heterocycles. The first-order valence-electron chi connectivity index (χ1n) is 8.78. The van der Waals surface area contributed by atoms with Crippen LogP contribution in [0.1, 0.15) is 34.3 Å². The van der Waals surface area contributed by atoms with Gasteiger partial charge in [0, 0.05) is 23.7 Å². The third-order valence-electron chi connectivity index (χ3n) is 4.42. The van der Waals surface area contributed by atoms with Crippen LogP contribution in [-0.4, -0.2) is 16.7 Å². The lowest BCUT2D eigenvalue weighted by molar-refractivity contribution is -0.114. The van der Waals surface area contributed by atoms with Gasteiger partial charge >= 0.3 is 0 Å². The number of carbonyl (C=O) groups is 2. The second-order valence-electron chi connectivity index (χ2n) is 6.46. The Bertz CT molecular complexity index is 1030. The molecule has 2 aromatic carbocycles. The molecule has 1 aromatic heterocycles. The Morgan fingerprint density at radius 1 is 1.07 bits per heavy atom. The molecule has 0 saturated heterocycles.